The lowest BCUT2D eigenvalue weighted by Crippen LogP contribution is -2.09. The quantitative estimate of drug-likeness (QED) is 0.469. The van der Waals surface area contributed by atoms with E-state index in [4.69, 9.17) is 0 Å². The summed E-state index contributed by atoms with van der Waals surface area (Å²) in [5.74, 6) is -2.06. The summed E-state index contributed by atoms with van der Waals surface area (Å²) < 4.78 is 31.2. The standard InChI is InChI=1S/C10H8Br2F2O2/c1-2-16-7(15)4-5-3-6(11)10(14)8(12)9(5)13/h3H,2,4H2,1H3. The third kappa shape index (κ3) is 3.01. The van der Waals surface area contributed by atoms with Crippen LogP contribution in [0.4, 0.5) is 8.78 Å². The molecule has 0 atom stereocenters. The molecule has 0 amide bonds. The lowest BCUT2D eigenvalue weighted by molar-refractivity contribution is -0.142. The number of rotatable bonds is 3. The van der Waals surface area contributed by atoms with Crippen molar-refractivity contribution in [1.82, 2.24) is 0 Å². The van der Waals surface area contributed by atoms with Crippen LogP contribution in [-0.2, 0) is 16.0 Å². The van der Waals surface area contributed by atoms with Crippen molar-refractivity contribution in [2.24, 2.45) is 0 Å². The molecule has 88 valence electrons. The van der Waals surface area contributed by atoms with Gasteiger partial charge in [0.2, 0.25) is 0 Å². The van der Waals surface area contributed by atoms with Crippen LogP contribution in [0.1, 0.15) is 12.5 Å². The van der Waals surface area contributed by atoms with Crippen LogP contribution in [0.5, 0.6) is 0 Å². The van der Waals surface area contributed by atoms with Crippen LogP contribution in [-0.4, -0.2) is 12.6 Å². The van der Waals surface area contributed by atoms with E-state index in [0.717, 1.165) is 0 Å². The van der Waals surface area contributed by atoms with Gasteiger partial charge in [-0.3, -0.25) is 4.79 Å². The third-order valence-corrected chi connectivity index (χ3v) is 3.09. The van der Waals surface area contributed by atoms with Gasteiger partial charge in [0, 0.05) is 5.56 Å². The summed E-state index contributed by atoms with van der Waals surface area (Å²) in [5.41, 5.74) is 0.0820. The summed E-state index contributed by atoms with van der Waals surface area (Å²) in [6.07, 6.45) is -0.225. The van der Waals surface area contributed by atoms with Crippen LogP contribution >= 0.6 is 31.9 Å². The molecule has 0 heterocycles. The summed E-state index contributed by atoms with van der Waals surface area (Å²) in [7, 11) is 0. The van der Waals surface area contributed by atoms with Gasteiger partial charge in [0.1, 0.15) is 5.82 Å². The summed E-state index contributed by atoms with van der Waals surface area (Å²) in [6, 6.07) is 1.23. The van der Waals surface area contributed by atoms with Gasteiger partial charge in [-0.15, -0.1) is 0 Å². The average Bonchev–Trinajstić information content (AvgIpc) is 2.23. The Labute approximate surface area is 108 Å². The number of hydrogen-bond donors (Lipinski definition) is 0. The molecule has 0 unspecified atom stereocenters. The molecule has 0 aromatic heterocycles. The number of ether oxygens (including phenoxy) is 1. The first kappa shape index (κ1) is 13.6. The van der Waals surface area contributed by atoms with Crippen molar-refractivity contribution in [1.29, 1.82) is 0 Å². The van der Waals surface area contributed by atoms with Gasteiger partial charge in [0.15, 0.2) is 5.82 Å². The van der Waals surface area contributed by atoms with Crippen LogP contribution in [0.25, 0.3) is 0 Å². The highest BCUT2D eigenvalue weighted by atomic mass is 79.9. The van der Waals surface area contributed by atoms with Crippen LogP contribution < -0.4 is 0 Å². The Morgan fingerprint density at radius 3 is 2.56 bits per heavy atom. The Hall–Kier alpha value is -0.490. The van der Waals surface area contributed by atoms with Crippen LogP contribution in [0.15, 0.2) is 15.0 Å². The predicted octanol–water partition coefficient (Wildman–Crippen LogP) is 3.60. The van der Waals surface area contributed by atoms with E-state index >= 15 is 0 Å². The first-order valence-corrected chi connectivity index (χ1v) is 6.03. The molecule has 2 nitrogen and oxygen atoms in total. The fraction of sp³-hybridized carbons (Fsp3) is 0.300. The van der Waals surface area contributed by atoms with Gasteiger partial charge >= 0.3 is 5.97 Å². The Morgan fingerprint density at radius 2 is 2.00 bits per heavy atom. The van der Waals surface area contributed by atoms with E-state index in [1.165, 1.54) is 6.07 Å². The number of halogens is 4. The molecule has 1 aromatic rings. The molecule has 0 spiro atoms. The predicted molar refractivity (Wildman–Crippen MR) is 62.1 cm³/mol. The van der Waals surface area contributed by atoms with Crippen molar-refractivity contribution in [3.8, 4) is 0 Å². The highest BCUT2D eigenvalue weighted by Gasteiger charge is 2.17. The summed E-state index contributed by atoms with van der Waals surface area (Å²) >= 11 is 5.71. The van der Waals surface area contributed by atoms with Crippen molar-refractivity contribution in [2.75, 3.05) is 6.61 Å². The molecule has 1 rings (SSSR count). The first-order valence-electron chi connectivity index (χ1n) is 4.44. The Bertz CT molecular complexity index is 422. The summed E-state index contributed by atoms with van der Waals surface area (Å²) in [4.78, 5) is 11.2. The molecule has 0 saturated heterocycles. The Kier molecular flexibility index (Phi) is 4.86. The van der Waals surface area contributed by atoms with Crippen LogP contribution in [0.2, 0.25) is 0 Å². The molecular formula is C10H8Br2F2O2. The number of hydrogen-bond acceptors (Lipinski definition) is 2. The maximum Gasteiger partial charge on any atom is 0.310 e. The highest BCUT2D eigenvalue weighted by Crippen LogP contribution is 2.29. The number of carbonyl (C=O) groups is 1. The van der Waals surface area contributed by atoms with E-state index in [9.17, 15) is 13.6 Å². The first-order chi connectivity index (χ1) is 7.47. The maximum absolute atomic E-state index is 13.5. The molecule has 0 radical (unpaired) electrons. The third-order valence-electron chi connectivity index (χ3n) is 1.82. The second-order valence-electron chi connectivity index (χ2n) is 2.94. The largest absolute Gasteiger partial charge is 0.466 e. The minimum atomic E-state index is -0.784. The fourth-order valence-corrected chi connectivity index (χ4v) is 2.33. The summed E-state index contributed by atoms with van der Waals surface area (Å²) in [5, 5.41) is 0. The van der Waals surface area contributed by atoms with Gasteiger partial charge in [-0.25, -0.2) is 8.78 Å². The van der Waals surface area contributed by atoms with Crippen molar-refractivity contribution < 1.29 is 18.3 Å². The topological polar surface area (TPSA) is 26.3 Å². The maximum atomic E-state index is 13.5. The number of benzene rings is 1. The number of carbonyl (C=O) groups excluding carboxylic acids is 1. The molecule has 0 aliphatic heterocycles. The molecule has 1 aromatic carbocycles. The SMILES string of the molecule is CCOC(=O)Cc1cc(Br)c(F)c(Br)c1F. The van der Waals surface area contributed by atoms with E-state index < -0.39 is 17.6 Å². The minimum Gasteiger partial charge on any atom is -0.466 e. The normalized spacial score (nSPS) is 10.3. The van der Waals surface area contributed by atoms with Crippen molar-refractivity contribution in [3.63, 3.8) is 0 Å². The van der Waals surface area contributed by atoms with Crippen LogP contribution in [0, 0.1) is 11.6 Å². The zero-order valence-electron chi connectivity index (χ0n) is 8.32. The Balaban J connectivity index is 3.02. The highest BCUT2D eigenvalue weighted by molar-refractivity contribution is 9.11. The molecule has 0 aliphatic rings. The number of esters is 1. The average molecular weight is 358 g/mol. The molecule has 0 fully saturated rings. The van der Waals surface area contributed by atoms with E-state index in [0.29, 0.717) is 0 Å². The molecular weight excluding hydrogens is 350 g/mol. The van der Waals surface area contributed by atoms with Gasteiger partial charge in [0.05, 0.1) is 22.0 Å². The Morgan fingerprint density at radius 1 is 1.38 bits per heavy atom. The monoisotopic (exact) mass is 356 g/mol. The molecule has 0 saturated carbocycles. The molecule has 16 heavy (non-hydrogen) atoms. The van der Waals surface area contributed by atoms with Crippen molar-refractivity contribution >= 4 is 37.8 Å². The zero-order chi connectivity index (χ0) is 12.3. The van der Waals surface area contributed by atoms with Gasteiger partial charge < -0.3 is 4.74 Å². The van der Waals surface area contributed by atoms with E-state index in [1.54, 1.807) is 6.92 Å². The zero-order valence-corrected chi connectivity index (χ0v) is 11.5. The second-order valence-corrected chi connectivity index (χ2v) is 4.59. The van der Waals surface area contributed by atoms with Crippen molar-refractivity contribution in [3.05, 3.63) is 32.2 Å². The van der Waals surface area contributed by atoms with E-state index in [-0.39, 0.29) is 27.5 Å². The molecule has 6 heteroatoms. The van der Waals surface area contributed by atoms with E-state index in [1.807, 2.05) is 0 Å². The molecule has 0 aliphatic carbocycles. The van der Waals surface area contributed by atoms with Crippen LogP contribution in [0.3, 0.4) is 0 Å². The van der Waals surface area contributed by atoms with Gasteiger partial charge in [-0.1, -0.05) is 0 Å². The van der Waals surface area contributed by atoms with Gasteiger partial charge in [-0.2, -0.15) is 0 Å². The molecule has 0 bridgehead atoms. The smallest absolute Gasteiger partial charge is 0.310 e. The lowest BCUT2D eigenvalue weighted by atomic mass is 10.1. The lowest BCUT2D eigenvalue weighted by Gasteiger charge is -2.07. The second kappa shape index (κ2) is 5.72. The van der Waals surface area contributed by atoms with Gasteiger partial charge in [-0.05, 0) is 44.8 Å². The van der Waals surface area contributed by atoms with E-state index in [2.05, 4.69) is 36.6 Å². The fourth-order valence-electron chi connectivity index (χ4n) is 1.12. The van der Waals surface area contributed by atoms with Gasteiger partial charge in [0.25, 0.3) is 0 Å². The van der Waals surface area contributed by atoms with Crippen molar-refractivity contribution in [2.45, 2.75) is 13.3 Å². The summed E-state index contributed by atoms with van der Waals surface area (Å²) in [6.45, 7) is 1.88. The molecule has 0 N–H and O–H groups in total. The minimum absolute atomic E-state index is 0.0820.